The molecule has 4 heteroatoms. The molecule has 0 aliphatic carbocycles. The van der Waals surface area contributed by atoms with Crippen LogP contribution in [0, 0.1) is 0 Å². The lowest BCUT2D eigenvalue weighted by Gasteiger charge is -2.16. The number of rotatable bonds is 5. The molecule has 0 heterocycles. The Morgan fingerprint density at radius 3 is 2.87 bits per heavy atom. The predicted octanol–water partition coefficient (Wildman–Crippen LogP) is 3.08. The van der Waals surface area contributed by atoms with Gasteiger partial charge >= 0.3 is 0 Å². The molecule has 1 aromatic carbocycles. The Labute approximate surface area is 98.0 Å². The molecule has 0 saturated heterocycles. The van der Waals surface area contributed by atoms with Crippen LogP contribution >= 0.6 is 15.9 Å². The lowest BCUT2D eigenvalue weighted by molar-refractivity contribution is 0.269. The van der Waals surface area contributed by atoms with Crippen molar-refractivity contribution < 1.29 is 9.13 Å². The van der Waals surface area contributed by atoms with E-state index in [0.717, 1.165) is 15.8 Å². The van der Waals surface area contributed by atoms with Gasteiger partial charge in [0.1, 0.15) is 19.0 Å². The van der Waals surface area contributed by atoms with Crippen LogP contribution in [0.5, 0.6) is 5.75 Å². The molecule has 1 unspecified atom stereocenters. The van der Waals surface area contributed by atoms with Crippen molar-refractivity contribution in [2.75, 3.05) is 20.3 Å². The molecule has 2 nitrogen and oxygen atoms in total. The first-order valence-corrected chi connectivity index (χ1v) is 5.63. The first kappa shape index (κ1) is 12.5. The number of halogens is 2. The monoisotopic (exact) mass is 275 g/mol. The Morgan fingerprint density at radius 2 is 2.27 bits per heavy atom. The van der Waals surface area contributed by atoms with Gasteiger partial charge in [-0.05, 0) is 32.2 Å². The molecule has 1 atom stereocenters. The smallest absolute Gasteiger partial charge is 0.124 e. The van der Waals surface area contributed by atoms with Crippen molar-refractivity contribution in [3.8, 4) is 5.75 Å². The van der Waals surface area contributed by atoms with Crippen molar-refractivity contribution in [2.24, 2.45) is 0 Å². The molecule has 0 fully saturated rings. The second-order valence-corrected chi connectivity index (χ2v) is 4.15. The fourth-order valence-corrected chi connectivity index (χ4v) is 1.67. The van der Waals surface area contributed by atoms with Crippen molar-refractivity contribution in [3.05, 3.63) is 28.2 Å². The molecule has 0 saturated carbocycles. The van der Waals surface area contributed by atoms with Crippen LogP contribution < -0.4 is 10.1 Å². The van der Waals surface area contributed by atoms with Gasteiger partial charge in [0.05, 0.1) is 0 Å². The molecule has 0 spiro atoms. The maximum absolute atomic E-state index is 12.0. The van der Waals surface area contributed by atoms with Crippen LogP contribution in [-0.4, -0.2) is 20.3 Å². The standard InChI is InChI=1S/C11H15BrFNO/c1-8(14-2)10-7-9(12)3-4-11(10)15-6-5-13/h3-4,7-8,14H,5-6H2,1-2H3. The zero-order valence-electron chi connectivity index (χ0n) is 8.89. The summed E-state index contributed by atoms with van der Waals surface area (Å²) in [6.45, 7) is 1.67. The normalized spacial score (nSPS) is 12.5. The van der Waals surface area contributed by atoms with E-state index in [2.05, 4.69) is 21.2 Å². The highest BCUT2D eigenvalue weighted by atomic mass is 79.9. The Morgan fingerprint density at radius 1 is 1.53 bits per heavy atom. The van der Waals surface area contributed by atoms with Crippen molar-refractivity contribution in [1.82, 2.24) is 5.32 Å². The van der Waals surface area contributed by atoms with Gasteiger partial charge in [-0.3, -0.25) is 0 Å². The van der Waals surface area contributed by atoms with Crippen LogP contribution in [0.1, 0.15) is 18.5 Å². The van der Waals surface area contributed by atoms with Gasteiger partial charge in [0.25, 0.3) is 0 Å². The topological polar surface area (TPSA) is 21.3 Å². The zero-order chi connectivity index (χ0) is 11.3. The van der Waals surface area contributed by atoms with E-state index in [9.17, 15) is 4.39 Å². The maximum Gasteiger partial charge on any atom is 0.124 e. The highest BCUT2D eigenvalue weighted by Gasteiger charge is 2.10. The van der Waals surface area contributed by atoms with Crippen LogP contribution in [0.4, 0.5) is 4.39 Å². The Balaban J connectivity index is 2.92. The van der Waals surface area contributed by atoms with Gasteiger partial charge < -0.3 is 10.1 Å². The predicted molar refractivity (Wildman–Crippen MR) is 63.1 cm³/mol. The van der Waals surface area contributed by atoms with Gasteiger partial charge in [0, 0.05) is 16.1 Å². The van der Waals surface area contributed by atoms with Crippen molar-refractivity contribution in [2.45, 2.75) is 13.0 Å². The van der Waals surface area contributed by atoms with Gasteiger partial charge in [0.2, 0.25) is 0 Å². The van der Waals surface area contributed by atoms with Crippen LogP contribution in [0.25, 0.3) is 0 Å². The minimum Gasteiger partial charge on any atom is -0.491 e. The summed E-state index contributed by atoms with van der Waals surface area (Å²) in [5, 5.41) is 3.13. The summed E-state index contributed by atoms with van der Waals surface area (Å²) in [6.07, 6.45) is 0. The van der Waals surface area contributed by atoms with E-state index in [4.69, 9.17) is 4.74 Å². The highest BCUT2D eigenvalue weighted by molar-refractivity contribution is 9.10. The molecule has 1 aromatic rings. The summed E-state index contributed by atoms with van der Waals surface area (Å²) in [5.74, 6) is 0.734. The molecule has 0 radical (unpaired) electrons. The number of hydrogen-bond acceptors (Lipinski definition) is 2. The number of hydrogen-bond donors (Lipinski definition) is 1. The fraction of sp³-hybridized carbons (Fsp3) is 0.455. The summed E-state index contributed by atoms with van der Waals surface area (Å²) in [5.41, 5.74) is 1.03. The number of nitrogens with one attached hydrogen (secondary N) is 1. The number of alkyl halides is 1. The minimum atomic E-state index is -0.469. The first-order valence-electron chi connectivity index (χ1n) is 4.84. The van der Waals surface area contributed by atoms with Crippen LogP contribution in [-0.2, 0) is 0 Å². The second kappa shape index (κ2) is 6.08. The molecule has 15 heavy (non-hydrogen) atoms. The third-order valence-corrected chi connectivity index (χ3v) is 2.70. The minimum absolute atomic E-state index is 0.102. The van der Waals surface area contributed by atoms with E-state index < -0.39 is 6.67 Å². The molecule has 0 aromatic heterocycles. The van der Waals surface area contributed by atoms with Gasteiger partial charge in [0.15, 0.2) is 0 Å². The van der Waals surface area contributed by atoms with Crippen LogP contribution in [0.2, 0.25) is 0 Å². The number of ether oxygens (including phenoxy) is 1. The fourth-order valence-electron chi connectivity index (χ4n) is 1.29. The average molecular weight is 276 g/mol. The van der Waals surface area contributed by atoms with Crippen molar-refractivity contribution >= 4 is 15.9 Å². The van der Waals surface area contributed by atoms with Gasteiger partial charge in [-0.1, -0.05) is 15.9 Å². The molecular weight excluding hydrogens is 261 g/mol. The third kappa shape index (κ3) is 3.47. The first-order chi connectivity index (χ1) is 7.19. The Bertz CT molecular complexity index is 319. The van der Waals surface area contributed by atoms with E-state index in [1.165, 1.54) is 0 Å². The Hall–Kier alpha value is -0.610. The molecule has 84 valence electrons. The maximum atomic E-state index is 12.0. The van der Waals surface area contributed by atoms with E-state index in [-0.39, 0.29) is 12.6 Å². The molecular formula is C11H15BrFNO. The molecule has 1 N–H and O–H groups in total. The zero-order valence-corrected chi connectivity index (χ0v) is 10.5. The largest absolute Gasteiger partial charge is 0.491 e. The van der Waals surface area contributed by atoms with E-state index in [1.807, 2.05) is 32.2 Å². The van der Waals surface area contributed by atoms with Crippen LogP contribution in [0.15, 0.2) is 22.7 Å². The summed E-state index contributed by atoms with van der Waals surface area (Å²) in [4.78, 5) is 0. The van der Waals surface area contributed by atoms with Gasteiger partial charge in [-0.2, -0.15) is 0 Å². The molecule has 0 bridgehead atoms. The molecule has 0 aliphatic rings. The summed E-state index contributed by atoms with van der Waals surface area (Å²) in [7, 11) is 1.88. The molecule has 1 rings (SSSR count). The lowest BCUT2D eigenvalue weighted by atomic mass is 10.1. The molecule has 0 aliphatic heterocycles. The summed E-state index contributed by atoms with van der Waals surface area (Å²) in [6, 6.07) is 5.90. The second-order valence-electron chi connectivity index (χ2n) is 3.23. The SMILES string of the molecule is CNC(C)c1cc(Br)ccc1OCCF. The van der Waals surface area contributed by atoms with Gasteiger partial charge in [-0.25, -0.2) is 4.39 Å². The van der Waals surface area contributed by atoms with Gasteiger partial charge in [-0.15, -0.1) is 0 Å². The Kier molecular flexibility index (Phi) is 5.05. The van der Waals surface area contributed by atoms with E-state index in [0.29, 0.717) is 0 Å². The lowest BCUT2D eigenvalue weighted by Crippen LogP contribution is -2.14. The van der Waals surface area contributed by atoms with Crippen molar-refractivity contribution in [1.29, 1.82) is 0 Å². The van der Waals surface area contributed by atoms with Crippen molar-refractivity contribution in [3.63, 3.8) is 0 Å². The summed E-state index contributed by atoms with van der Waals surface area (Å²) < 4.78 is 18.3. The molecule has 0 amide bonds. The quantitative estimate of drug-likeness (QED) is 0.892. The highest BCUT2D eigenvalue weighted by Crippen LogP contribution is 2.28. The third-order valence-electron chi connectivity index (χ3n) is 2.21. The average Bonchev–Trinajstić information content (AvgIpc) is 2.26. The van der Waals surface area contributed by atoms with Crippen LogP contribution in [0.3, 0.4) is 0 Å². The summed E-state index contributed by atoms with van der Waals surface area (Å²) >= 11 is 3.40. The number of benzene rings is 1. The van der Waals surface area contributed by atoms with E-state index >= 15 is 0 Å². The van der Waals surface area contributed by atoms with E-state index in [1.54, 1.807) is 0 Å².